The third-order valence-electron chi connectivity index (χ3n) is 1.97. The summed E-state index contributed by atoms with van der Waals surface area (Å²) in [5, 5.41) is 8.61. The number of carbonyl (C=O) groups excluding carboxylic acids is 1. The van der Waals surface area contributed by atoms with Gasteiger partial charge in [0, 0.05) is 13.1 Å². The van der Waals surface area contributed by atoms with Gasteiger partial charge in [-0.3, -0.25) is 4.79 Å². The minimum atomic E-state index is -0.846. The summed E-state index contributed by atoms with van der Waals surface area (Å²) in [6.45, 7) is 0.742. The van der Waals surface area contributed by atoms with Crippen LogP contribution >= 0.6 is 0 Å². The molecule has 68 valence electrons. The highest BCUT2D eigenvalue weighted by Gasteiger charge is 2.31. The zero-order valence-corrected chi connectivity index (χ0v) is 6.82. The minimum absolute atomic E-state index is 0.266. The fourth-order valence-corrected chi connectivity index (χ4v) is 1.26. The summed E-state index contributed by atoms with van der Waals surface area (Å²) in [6.07, 6.45) is 0.0727. The number of hydrogen-bond donors (Lipinski definition) is 1. The number of carboxylic acid groups (broad SMARTS) is 1. The molecule has 1 N–H and O–H groups in total. The lowest BCUT2D eigenvalue weighted by molar-refractivity contribution is -0.141. The lowest BCUT2D eigenvalue weighted by Crippen LogP contribution is -2.29. The summed E-state index contributed by atoms with van der Waals surface area (Å²) in [5.41, 5.74) is 0. The van der Waals surface area contributed by atoms with Crippen LogP contribution in [0.5, 0.6) is 0 Å². The maximum Gasteiger partial charge on any atom is 0.409 e. The van der Waals surface area contributed by atoms with Crippen LogP contribution in [0.3, 0.4) is 0 Å². The number of carbonyl (C=O) groups is 2. The molecular formula is C7H11NO4. The number of ether oxygens (including phenoxy) is 1. The average Bonchev–Trinajstić information content (AvgIpc) is 2.51. The van der Waals surface area contributed by atoms with E-state index in [1.165, 1.54) is 12.0 Å². The Bertz CT molecular complexity index is 204. The van der Waals surface area contributed by atoms with E-state index >= 15 is 0 Å². The molecule has 0 spiro atoms. The van der Waals surface area contributed by atoms with E-state index < -0.39 is 18.0 Å². The normalized spacial score (nSPS) is 22.4. The van der Waals surface area contributed by atoms with Crippen molar-refractivity contribution in [3.05, 3.63) is 0 Å². The van der Waals surface area contributed by atoms with E-state index in [-0.39, 0.29) is 6.54 Å². The van der Waals surface area contributed by atoms with Gasteiger partial charge in [0.25, 0.3) is 0 Å². The Morgan fingerprint density at radius 2 is 2.25 bits per heavy atom. The van der Waals surface area contributed by atoms with Crippen LogP contribution in [0.25, 0.3) is 0 Å². The molecule has 12 heavy (non-hydrogen) atoms. The molecule has 1 saturated heterocycles. The van der Waals surface area contributed by atoms with Gasteiger partial charge < -0.3 is 14.7 Å². The fraction of sp³-hybridized carbons (Fsp3) is 0.714. The zero-order valence-electron chi connectivity index (χ0n) is 6.82. The molecule has 1 amide bonds. The third-order valence-corrected chi connectivity index (χ3v) is 1.97. The Kier molecular flexibility index (Phi) is 2.52. The smallest absolute Gasteiger partial charge is 0.409 e. The van der Waals surface area contributed by atoms with Crippen LogP contribution in [0.1, 0.15) is 6.42 Å². The molecule has 1 rings (SSSR count). The van der Waals surface area contributed by atoms with Crippen LogP contribution in [-0.2, 0) is 9.53 Å². The topological polar surface area (TPSA) is 66.8 Å². The highest BCUT2D eigenvalue weighted by Crippen LogP contribution is 2.16. The van der Waals surface area contributed by atoms with Gasteiger partial charge in [-0.15, -0.1) is 0 Å². The van der Waals surface area contributed by atoms with E-state index in [4.69, 9.17) is 5.11 Å². The molecule has 0 saturated carbocycles. The van der Waals surface area contributed by atoms with Crippen molar-refractivity contribution in [2.45, 2.75) is 6.42 Å². The van der Waals surface area contributed by atoms with Crippen molar-refractivity contribution in [1.29, 1.82) is 0 Å². The van der Waals surface area contributed by atoms with Crippen LogP contribution in [0, 0.1) is 5.92 Å². The number of carboxylic acids is 1. The summed E-state index contributed by atoms with van der Waals surface area (Å²) < 4.78 is 4.46. The molecule has 1 aliphatic rings. The molecule has 1 unspecified atom stereocenters. The average molecular weight is 173 g/mol. The molecule has 1 fully saturated rings. The van der Waals surface area contributed by atoms with Gasteiger partial charge in [-0.1, -0.05) is 0 Å². The molecule has 0 aromatic rings. The molecule has 1 heterocycles. The molecule has 1 atom stereocenters. The molecule has 1 aliphatic heterocycles. The highest BCUT2D eigenvalue weighted by atomic mass is 16.5. The second-order valence-electron chi connectivity index (χ2n) is 2.74. The maximum absolute atomic E-state index is 10.9. The van der Waals surface area contributed by atoms with Crippen molar-refractivity contribution >= 4 is 12.1 Å². The standard InChI is InChI=1S/C7H11NO4/c1-12-7(11)8-3-2-5(4-8)6(9)10/h5H,2-4H2,1H3,(H,9,10). The zero-order chi connectivity index (χ0) is 9.14. The first-order valence-electron chi connectivity index (χ1n) is 3.71. The number of aliphatic carboxylic acids is 1. The van der Waals surface area contributed by atoms with Gasteiger partial charge in [0.15, 0.2) is 0 Å². The van der Waals surface area contributed by atoms with E-state index in [9.17, 15) is 9.59 Å². The molecule has 0 bridgehead atoms. The van der Waals surface area contributed by atoms with Crippen molar-refractivity contribution in [2.75, 3.05) is 20.2 Å². The lowest BCUT2D eigenvalue weighted by atomic mass is 10.1. The summed E-state index contributed by atoms with van der Waals surface area (Å²) in [6, 6.07) is 0. The summed E-state index contributed by atoms with van der Waals surface area (Å²) in [7, 11) is 1.29. The lowest BCUT2D eigenvalue weighted by Gasteiger charge is -2.12. The van der Waals surface area contributed by atoms with E-state index in [0.29, 0.717) is 13.0 Å². The van der Waals surface area contributed by atoms with Crippen LogP contribution in [-0.4, -0.2) is 42.3 Å². The van der Waals surface area contributed by atoms with Gasteiger partial charge in [-0.2, -0.15) is 0 Å². The van der Waals surface area contributed by atoms with E-state index in [1.807, 2.05) is 0 Å². The second kappa shape index (κ2) is 3.42. The first-order valence-corrected chi connectivity index (χ1v) is 3.71. The Hall–Kier alpha value is -1.26. The molecule has 0 aromatic heterocycles. The number of rotatable bonds is 1. The van der Waals surface area contributed by atoms with Crippen molar-refractivity contribution in [3.63, 3.8) is 0 Å². The Morgan fingerprint density at radius 3 is 2.67 bits per heavy atom. The van der Waals surface area contributed by atoms with E-state index in [2.05, 4.69) is 4.74 Å². The van der Waals surface area contributed by atoms with Gasteiger partial charge >= 0.3 is 12.1 Å². The van der Waals surface area contributed by atoms with Gasteiger partial charge in [0.05, 0.1) is 13.0 Å². The molecular weight excluding hydrogens is 162 g/mol. The number of nitrogens with zero attached hydrogens (tertiary/aromatic N) is 1. The Labute approximate surface area is 69.9 Å². The molecule has 5 heteroatoms. The molecule has 0 aromatic carbocycles. The van der Waals surface area contributed by atoms with E-state index in [0.717, 1.165) is 0 Å². The number of likely N-dealkylation sites (tertiary alicyclic amines) is 1. The van der Waals surface area contributed by atoms with Crippen LogP contribution < -0.4 is 0 Å². The first kappa shape index (κ1) is 8.83. The molecule has 5 nitrogen and oxygen atoms in total. The van der Waals surface area contributed by atoms with Gasteiger partial charge in [-0.05, 0) is 6.42 Å². The van der Waals surface area contributed by atoms with Crippen molar-refractivity contribution in [2.24, 2.45) is 5.92 Å². The number of hydrogen-bond acceptors (Lipinski definition) is 3. The summed E-state index contributed by atoms with van der Waals surface area (Å²) in [4.78, 5) is 22.8. The van der Waals surface area contributed by atoms with Gasteiger partial charge in [0.1, 0.15) is 0 Å². The molecule has 0 radical (unpaired) electrons. The van der Waals surface area contributed by atoms with Crippen molar-refractivity contribution in [3.8, 4) is 0 Å². The highest BCUT2D eigenvalue weighted by molar-refractivity contribution is 5.74. The fourth-order valence-electron chi connectivity index (χ4n) is 1.26. The van der Waals surface area contributed by atoms with Gasteiger partial charge in [-0.25, -0.2) is 4.79 Å². The van der Waals surface area contributed by atoms with Crippen LogP contribution in [0.4, 0.5) is 4.79 Å². The summed E-state index contributed by atoms with van der Waals surface area (Å²) in [5.74, 6) is -1.27. The largest absolute Gasteiger partial charge is 0.481 e. The number of amides is 1. The quantitative estimate of drug-likeness (QED) is 0.613. The predicted octanol–water partition coefficient (Wildman–Crippen LogP) is 0.159. The minimum Gasteiger partial charge on any atom is -0.481 e. The Balaban J connectivity index is 2.45. The van der Waals surface area contributed by atoms with Crippen molar-refractivity contribution < 1.29 is 19.4 Å². The maximum atomic E-state index is 10.9. The Morgan fingerprint density at radius 1 is 1.58 bits per heavy atom. The van der Waals surface area contributed by atoms with Crippen molar-refractivity contribution in [1.82, 2.24) is 4.90 Å². The SMILES string of the molecule is COC(=O)N1CCC(C(=O)O)C1. The second-order valence-corrected chi connectivity index (χ2v) is 2.74. The predicted molar refractivity (Wildman–Crippen MR) is 39.7 cm³/mol. The first-order chi connectivity index (χ1) is 5.65. The monoisotopic (exact) mass is 173 g/mol. The van der Waals surface area contributed by atoms with Gasteiger partial charge in [0.2, 0.25) is 0 Å². The molecule has 0 aliphatic carbocycles. The number of methoxy groups -OCH3 is 1. The summed E-state index contributed by atoms with van der Waals surface area (Å²) >= 11 is 0. The van der Waals surface area contributed by atoms with E-state index in [1.54, 1.807) is 0 Å². The third kappa shape index (κ3) is 1.66. The van der Waals surface area contributed by atoms with Crippen LogP contribution in [0.15, 0.2) is 0 Å². The van der Waals surface area contributed by atoms with Crippen LogP contribution in [0.2, 0.25) is 0 Å².